The van der Waals surface area contributed by atoms with E-state index in [1.54, 1.807) is 24.3 Å². The molecule has 0 spiro atoms. The van der Waals surface area contributed by atoms with Gasteiger partial charge in [-0.05, 0) is 52.9 Å². The molecular weight excluding hydrogens is 328 g/mol. The van der Waals surface area contributed by atoms with Crippen LogP contribution in [-0.2, 0) is 5.41 Å². The van der Waals surface area contributed by atoms with E-state index in [4.69, 9.17) is 4.99 Å². The minimum atomic E-state index is -0.587. The van der Waals surface area contributed by atoms with Crippen molar-refractivity contribution in [3.8, 4) is 0 Å². The molecule has 0 saturated carbocycles. The molecule has 1 heterocycles. The third kappa shape index (κ3) is 2.38. The van der Waals surface area contributed by atoms with Crippen molar-refractivity contribution in [1.29, 1.82) is 0 Å². The maximum absolute atomic E-state index is 14.2. The highest BCUT2D eigenvalue weighted by Crippen LogP contribution is 2.51. The van der Waals surface area contributed by atoms with Crippen LogP contribution in [0.4, 0.5) is 14.5 Å². The molecule has 0 bridgehead atoms. The monoisotopic (exact) mass is 347 g/mol. The fourth-order valence-corrected chi connectivity index (χ4v) is 4.07. The summed E-state index contributed by atoms with van der Waals surface area (Å²) in [7, 11) is 0. The van der Waals surface area contributed by atoms with Crippen LogP contribution in [0, 0.1) is 17.6 Å². The molecule has 130 valence electrons. The first-order chi connectivity index (χ1) is 12.5. The molecule has 0 aromatic heterocycles. The fraction of sp³-hybridized carbons (Fsp3) is 0.174. The normalized spacial score (nSPS) is 18.7. The lowest BCUT2D eigenvalue weighted by atomic mass is 9.63. The number of benzene rings is 3. The van der Waals surface area contributed by atoms with Gasteiger partial charge in [0.15, 0.2) is 0 Å². The largest absolute Gasteiger partial charge is 0.251 e. The standard InChI is InChI=1S/C23H19F2N/c1-15(2)23(17-6-4-3-5-7-17)20-14-19(25)12-13-21(20)26-22(23)16-8-10-18(24)11-9-16/h3-15H,1-2H3. The molecule has 0 fully saturated rings. The first-order valence-corrected chi connectivity index (χ1v) is 8.74. The van der Waals surface area contributed by atoms with Crippen LogP contribution >= 0.6 is 0 Å². The van der Waals surface area contributed by atoms with Crippen molar-refractivity contribution in [1.82, 2.24) is 0 Å². The average Bonchev–Trinajstić information content (AvgIpc) is 2.98. The molecule has 1 atom stereocenters. The lowest BCUT2D eigenvalue weighted by molar-refractivity contribution is 0.487. The third-order valence-electron chi connectivity index (χ3n) is 5.20. The van der Waals surface area contributed by atoms with Gasteiger partial charge in [-0.3, -0.25) is 4.99 Å². The number of hydrogen-bond donors (Lipinski definition) is 0. The predicted molar refractivity (Wildman–Crippen MR) is 101 cm³/mol. The van der Waals surface area contributed by atoms with Crippen LogP contribution < -0.4 is 0 Å². The summed E-state index contributed by atoms with van der Waals surface area (Å²) >= 11 is 0. The highest BCUT2D eigenvalue weighted by molar-refractivity contribution is 6.15. The van der Waals surface area contributed by atoms with E-state index >= 15 is 0 Å². The fourth-order valence-electron chi connectivity index (χ4n) is 4.07. The molecule has 0 aliphatic carbocycles. The van der Waals surface area contributed by atoms with Crippen LogP contribution in [0.3, 0.4) is 0 Å². The van der Waals surface area contributed by atoms with Crippen molar-refractivity contribution in [3.05, 3.63) is 101 Å². The van der Waals surface area contributed by atoms with Crippen molar-refractivity contribution in [2.45, 2.75) is 19.3 Å². The molecule has 1 aliphatic rings. The molecule has 0 amide bonds. The van der Waals surface area contributed by atoms with Gasteiger partial charge in [0.25, 0.3) is 0 Å². The zero-order valence-corrected chi connectivity index (χ0v) is 14.7. The van der Waals surface area contributed by atoms with E-state index < -0.39 is 5.41 Å². The van der Waals surface area contributed by atoms with Crippen LogP contribution in [-0.4, -0.2) is 5.71 Å². The molecule has 1 unspecified atom stereocenters. The van der Waals surface area contributed by atoms with Crippen molar-refractivity contribution in [2.24, 2.45) is 10.9 Å². The Balaban J connectivity index is 2.05. The third-order valence-corrected chi connectivity index (χ3v) is 5.20. The van der Waals surface area contributed by atoms with Crippen LogP contribution in [0.15, 0.2) is 77.8 Å². The van der Waals surface area contributed by atoms with Gasteiger partial charge >= 0.3 is 0 Å². The molecule has 26 heavy (non-hydrogen) atoms. The smallest absolute Gasteiger partial charge is 0.123 e. The Hall–Kier alpha value is -2.81. The van der Waals surface area contributed by atoms with Gasteiger partial charge in [-0.2, -0.15) is 0 Å². The number of nitrogens with zero attached hydrogens (tertiary/aromatic N) is 1. The summed E-state index contributed by atoms with van der Waals surface area (Å²) in [5.74, 6) is -0.442. The summed E-state index contributed by atoms with van der Waals surface area (Å²) < 4.78 is 27.6. The first kappa shape index (κ1) is 16.6. The molecule has 3 aromatic rings. The van der Waals surface area contributed by atoms with Gasteiger partial charge in [-0.25, -0.2) is 8.78 Å². The highest BCUT2D eigenvalue weighted by Gasteiger charge is 2.48. The average molecular weight is 347 g/mol. The van der Waals surface area contributed by atoms with E-state index in [2.05, 4.69) is 26.0 Å². The van der Waals surface area contributed by atoms with Gasteiger partial charge < -0.3 is 0 Å². The van der Waals surface area contributed by atoms with Gasteiger partial charge in [0.05, 0.1) is 16.8 Å². The maximum atomic E-state index is 14.2. The summed E-state index contributed by atoms with van der Waals surface area (Å²) in [5.41, 5.74) is 3.78. The number of aliphatic imine (C=N–C) groups is 1. The van der Waals surface area contributed by atoms with Gasteiger partial charge in [-0.15, -0.1) is 0 Å². The van der Waals surface area contributed by atoms with E-state index in [1.165, 1.54) is 18.2 Å². The van der Waals surface area contributed by atoms with E-state index in [0.29, 0.717) is 0 Å². The molecule has 0 radical (unpaired) electrons. The minimum absolute atomic E-state index is 0.122. The second-order valence-electron chi connectivity index (χ2n) is 6.96. The summed E-state index contributed by atoms with van der Waals surface area (Å²) in [5, 5.41) is 0. The van der Waals surface area contributed by atoms with E-state index in [0.717, 1.165) is 28.1 Å². The van der Waals surface area contributed by atoms with Gasteiger partial charge in [-0.1, -0.05) is 56.3 Å². The van der Waals surface area contributed by atoms with Crippen LogP contribution in [0.1, 0.15) is 30.5 Å². The summed E-state index contributed by atoms with van der Waals surface area (Å²) in [6.45, 7) is 4.23. The molecule has 0 N–H and O–H groups in total. The predicted octanol–water partition coefficient (Wildman–Crippen LogP) is 6.04. The molecule has 4 rings (SSSR count). The topological polar surface area (TPSA) is 12.4 Å². The van der Waals surface area contributed by atoms with E-state index in [9.17, 15) is 8.78 Å². The Kier molecular flexibility index (Phi) is 3.95. The van der Waals surface area contributed by atoms with Crippen molar-refractivity contribution < 1.29 is 8.78 Å². The molecule has 1 nitrogen and oxygen atoms in total. The van der Waals surface area contributed by atoms with Crippen molar-refractivity contribution in [2.75, 3.05) is 0 Å². The molecule has 3 aromatic carbocycles. The number of fused-ring (bicyclic) bond motifs is 1. The SMILES string of the molecule is CC(C)C1(c2ccccc2)C(c2ccc(F)cc2)=Nc2ccc(F)cc21. The Morgan fingerprint density at radius 3 is 2.12 bits per heavy atom. The Morgan fingerprint density at radius 1 is 0.808 bits per heavy atom. The molecular formula is C23H19F2N. The lowest BCUT2D eigenvalue weighted by Crippen LogP contribution is -2.40. The minimum Gasteiger partial charge on any atom is -0.251 e. The number of hydrogen-bond acceptors (Lipinski definition) is 1. The summed E-state index contributed by atoms with van der Waals surface area (Å²) in [6.07, 6.45) is 0. The number of rotatable bonds is 3. The molecule has 1 aliphatic heterocycles. The zero-order valence-electron chi connectivity index (χ0n) is 14.7. The number of halogens is 2. The zero-order chi connectivity index (χ0) is 18.3. The summed E-state index contributed by atoms with van der Waals surface area (Å²) in [4.78, 5) is 4.87. The Labute approximate surface area is 152 Å². The molecule has 3 heteroatoms. The van der Waals surface area contributed by atoms with Gasteiger partial charge in [0, 0.05) is 0 Å². The Bertz CT molecular complexity index is 975. The Morgan fingerprint density at radius 2 is 1.46 bits per heavy atom. The van der Waals surface area contributed by atoms with Crippen LogP contribution in [0.25, 0.3) is 0 Å². The van der Waals surface area contributed by atoms with Crippen LogP contribution in [0.2, 0.25) is 0 Å². The van der Waals surface area contributed by atoms with E-state index in [1.807, 2.05) is 18.2 Å². The van der Waals surface area contributed by atoms with Crippen LogP contribution in [0.5, 0.6) is 0 Å². The van der Waals surface area contributed by atoms with Gasteiger partial charge in [0.1, 0.15) is 11.6 Å². The lowest BCUT2D eigenvalue weighted by Gasteiger charge is -2.37. The maximum Gasteiger partial charge on any atom is 0.123 e. The first-order valence-electron chi connectivity index (χ1n) is 8.74. The van der Waals surface area contributed by atoms with Gasteiger partial charge in [0.2, 0.25) is 0 Å². The summed E-state index contributed by atoms with van der Waals surface area (Å²) in [6, 6.07) is 21.2. The van der Waals surface area contributed by atoms with Crippen molar-refractivity contribution in [3.63, 3.8) is 0 Å². The second-order valence-corrected chi connectivity index (χ2v) is 6.96. The quantitative estimate of drug-likeness (QED) is 0.547. The van der Waals surface area contributed by atoms with E-state index in [-0.39, 0.29) is 17.6 Å². The second kappa shape index (κ2) is 6.17. The highest BCUT2D eigenvalue weighted by atomic mass is 19.1. The molecule has 0 saturated heterocycles. The van der Waals surface area contributed by atoms with Crippen molar-refractivity contribution >= 4 is 11.4 Å².